The maximum Gasteiger partial charge on any atom is 0.326 e. The Bertz CT molecular complexity index is 1190. The number of pyridine rings is 1. The molecule has 1 aliphatic rings. The Hall–Kier alpha value is -2.82. The maximum atomic E-state index is 12.1. The average molecular weight is 527 g/mol. The number of hydrogen-bond donors (Lipinski definition) is 3. The monoisotopic (exact) mass is 526 g/mol. The standard InChI is InChI=1S/C27H38N6O3S/c1-18-16-37-26-23(18)25(29-17-30-26)32-22(27(34)35)11-14-33(15-19(2)36-3)13-5-4-8-21-10-9-20-7-6-12-28-24(20)31-21/h9-10,16-17,19,22H,4-8,11-15H2,1-3H3,(H,28,31)(H,34,35)(H,29,30,32)/t19-,22+/m1/s1. The maximum absolute atomic E-state index is 12.1. The Kier molecular flexibility index (Phi) is 9.65. The molecule has 0 saturated heterocycles. The van der Waals surface area contributed by atoms with E-state index >= 15 is 0 Å². The van der Waals surface area contributed by atoms with Gasteiger partial charge >= 0.3 is 5.97 Å². The van der Waals surface area contributed by atoms with Gasteiger partial charge in [-0.15, -0.1) is 11.3 Å². The van der Waals surface area contributed by atoms with Gasteiger partial charge < -0.3 is 25.4 Å². The van der Waals surface area contributed by atoms with E-state index in [2.05, 4.69) is 37.6 Å². The van der Waals surface area contributed by atoms with Crippen molar-refractivity contribution in [3.63, 3.8) is 0 Å². The quantitative estimate of drug-likeness (QED) is 0.264. The van der Waals surface area contributed by atoms with Crippen molar-refractivity contribution in [2.24, 2.45) is 0 Å². The van der Waals surface area contributed by atoms with Crippen LogP contribution < -0.4 is 10.6 Å². The minimum Gasteiger partial charge on any atom is -0.480 e. The van der Waals surface area contributed by atoms with Crippen molar-refractivity contribution in [3.05, 3.63) is 40.7 Å². The summed E-state index contributed by atoms with van der Waals surface area (Å²) in [5.74, 6) is 0.747. The number of carboxylic acids is 1. The van der Waals surface area contributed by atoms with E-state index in [0.717, 1.165) is 72.6 Å². The van der Waals surface area contributed by atoms with Gasteiger partial charge in [0.15, 0.2) is 0 Å². The number of anilines is 2. The third-order valence-corrected chi connectivity index (χ3v) is 7.93. The minimum atomic E-state index is -0.883. The summed E-state index contributed by atoms with van der Waals surface area (Å²) in [6, 6.07) is 3.61. The normalized spacial score (nSPS) is 14.8. The topological polar surface area (TPSA) is 113 Å². The van der Waals surface area contributed by atoms with Gasteiger partial charge in [0.2, 0.25) is 0 Å². The Balaban J connectivity index is 1.32. The van der Waals surface area contributed by atoms with Gasteiger partial charge in [0, 0.05) is 32.4 Å². The highest BCUT2D eigenvalue weighted by Crippen LogP contribution is 2.29. The lowest BCUT2D eigenvalue weighted by molar-refractivity contribution is -0.138. The van der Waals surface area contributed by atoms with Gasteiger partial charge in [-0.3, -0.25) is 0 Å². The van der Waals surface area contributed by atoms with Crippen molar-refractivity contribution < 1.29 is 14.6 Å². The van der Waals surface area contributed by atoms with Crippen LogP contribution in [0.25, 0.3) is 10.2 Å². The molecule has 4 heterocycles. The van der Waals surface area contributed by atoms with E-state index in [1.54, 1.807) is 7.11 Å². The third kappa shape index (κ3) is 7.37. The van der Waals surface area contributed by atoms with Crippen molar-refractivity contribution in [2.45, 2.75) is 64.5 Å². The summed E-state index contributed by atoms with van der Waals surface area (Å²) < 4.78 is 5.51. The van der Waals surface area contributed by atoms with Crippen LogP contribution >= 0.6 is 11.3 Å². The van der Waals surface area contributed by atoms with Gasteiger partial charge in [0.05, 0.1) is 11.5 Å². The molecular formula is C27H38N6O3S. The number of carbonyl (C=O) groups is 1. The molecule has 37 heavy (non-hydrogen) atoms. The molecule has 0 bridgehead atoms. The van der Waals surface area contributed by atoms with E-state index < -0.39 is 12.0 Å². The Morgan fingerprint density at radius 1 is 1.30 bits per heavy atom. The first-order chi connectivity index (χ1) is 17.9. The molecule has 0 fully saturated rings. The van der Waals surface area contributed by atoms with Gasteiger partial charge in [-0.1, -0.05) is 6.07 Å². The number of hydrogen-bond acceptors (Lipinski definition) is 9. The van der Waals surface area contributed by atoms with Crippen LogP contribution in [-0.4, -0.2) is 76.4 Å². The van der Waals surface area contributed by atoms with Gasteiger partial charge in [-0.05, 0) is 81.5 Å². The van der Waals surface area contributed by atoms with Crippen LogP contribution in [0.1, 0.15) is 49.4 Å². The highest BCUT2D eigenvalue weighted by Gasteiger charge is 2.22. The molecule has 0 radical (unpaired) electrons. The Morgan fingerprint density at radius 2 is 2.16 bits per heavy atom. The second-order valence-electron chi connectivity index (χ2n) is 9.79. The lowest BCUT2D eigenvalue weighted by Gasteiger charge is -2.27. The van der Waals surface area contributed by atoms with Crippen LogP contribution in [0.4, 0.5) is 11.6 Å². The molecular weight excluding hydrogens is 488 g/mol. The number of carboxylic acid groups (broad SMARTS) is 1. The van der Waals surface area contributed by atoms with E-state index in [4.69, 9.17) is 9.72 Å². The minimum absolute atomic E-state index is 0.0690. The summed E-state index contributed by atoms with van der Waals surface area (Å²) in [5, 5.41) is 19.4. The predicted molar refractivity (Wildman–Crippen MR) is 149 cm³/mol. The molecule has 0 spiro atoms. The molecule has 3 N–H and O–H groups in total. The smallest absolute Gasteiger partial charge is 0.326 e. The molecule has 0 amide bonds. The van der Waals surface area contributed by atoms with Crippen molar-refractivity contribution in [1.29, 1.82) is 0 Å². The van der Waals surface area contributed by atoms with Crippen LogP contribution in [0.15, 0.2) is 23.8 Å². The number of nitrogens with zero attached hydrogens (tertiary/aromatic N) is 4. The fraction of sp³-hybridized carbons (Fsp3) is 0.556. The SMILES string of the molecule is CO[C@H](C)CN(CCCCc1ccc2c(n1)NCCC2)CC[C@H](Nc1ncnc2scc(C)c12)C(=O)O. The molecule has 0 aliphatic carbocycles. The second-order valence-corrected chi connectivity index (χ2v) is 10.6. The molecule has 0 saturated carbocycles. The Morgan fingerprint density at radius 3 is 2.97 bits per heavy atom. The largest absolute Gasteiger partial charge is 0.480 e. The second kappa shape index (κ2) is 13.1. The lowest BCUT2D eigenvalue weighted by Crippen LogP contribution is -2.38. The number of methoxy groups -OCH3 is 1. The summed E-state index contributed by atoms with van der Waals surface area (Å²) in [5.41, 5.74) is 3.49. The van der Waals surface area contributed by atoms with Crippen LogP contribution in [0.3, 0.4) is 0 Å². The highest BCUT2D eigenvalue weighted by molar-refractivity contribution is 7.17. The van der Waals surface area contributed by atoms with Crippen LogP contribution in [0.2, 0.25) is 0 Å². The van der Waals surface area contributed by atoms with Gasteiger partial charge in [-0.2, -0.15) is 0 Å². The number of nitrogens with one attached hydrogen (secondary N) is 2. The molecule has 3 aromatic heterocycles. The molecule has 4 rings (SSSR count). The van der Waals surface area contributed by atoms with Crippen LogP contribution in [0.5, 0.6) is 0 Å². The zero-order valence-corrected chi connectivity index (χ0v) is 22.8. The zero-order chi connectivity index (χ0) is 26.2. The molecule has 0 aromatic carbocycles. The predicted octanol–water partition coefficient (Wildman–Crippen LogP) is 4.37. The fourth-order valence-electron chi connectivity index (χ4n) is 4.74. The van der Waals surface area contributed by atoms with Gasteiger partial charge in [-0.25, -0.2) is 19.7 Å². The number of aliphatic carboxylic acids is 1. The molecule has 1 aliphatic heterocycles. The van der Waals surface area contributed by atoms with Crippen LogP contribution in [-0.2, 0) is 22.4 Å². The molecule has 10 heteroatoms. The summed E-state index contributed by atoms with van der Waals surface area (Å²) in [6.45, 7) is 7.32. The van der Waals surface area contributed by atoms with Gasteiger partial charge in [0.25, 0.3) is 0 Å². The van der Waals surface area contributed by atoms with Crippen molar-refractivity contribution in [2.75, 3.05) is 43.9 Å². The summed E-state index contributed by atoms with van der Waals surface area (Å²) >= 11 is 1.54. The van der Waals surface area contributed by atoms with Crippen molar-refractivity contribution in [3.8, 4) is 0 Å². The molecule has 3 aromatic rings. The molecule has 200 valence electrons. The Labute approximate surface area is 222 Å². The summed E-state index contributed by atoms with van der Waals surface area (Å²) in [6.07, 6.45) is 7.25. The number of unbranched alkanes of at least 4 members (excludes halogenated alkanes) is 1. The zero-order valence-electron chi connectivity index (χ0n) is 22.0. The van der Waals surface area contributed by atoms with E-state index in [9.17, 15) is 9.90 Å². The highest BCUT2D eigenvalue weighted by atomic mass is 32.1. The molecule has 9 nitrogen and oxygen atoms in total. The van der Waals surface area contributed by atoms with E-state index in [1.807, 2.05) is 19.2 Å². The lowest BCUT2D eigenvalue weighted by atomic mass is 10.1. The average Bonchev–Trinajstić information content (AvgIpc) is 3.29. The summed E-state index contributed by atoms with van der Waals surface area (Å²) in [7, 11) is 1.71. The fourth-order valence-corrected chi connectivity index (χ4v) is 5.63. The number of aromatic nitrogens is 3. The van der Waals surface area contributed by atoms with Gasteiger partial charge in [0.1, 0.15) is 28.8 Å². The number of fused-ring (bicyclic) bond motifs is 2. The first kappa shape index (κ1) is 27.2. The van der Waals surface area contributed by atoms with E-state index in [0.29, 0.717) is 18.8 Å². The van der Waals surface area contributed by atoms with Crippen molar-refractivity contribution in [1.82, 2.24) is 19.9 Å². The third-order valence-electron chi connectivity index (χ3n) is 6.92. The summed E-state index contributed by atoms with van der Waals surface area (Å²) in [4.78, 5) is 28.7. The first-order valence-electron chi connectivity index (χ1n) is 13.1. The number of aryl methyl sites for hydroxylation is 3. The number of thiophene rings is 1. The number of ether oxygens (including phenoxy) is 1. The van der Waals surface area contributed by atoms with Crippen LogP contribution in [0, 0.1) is 6.92 Å². The first-order valence-corrected chi connectivity index (χ1v) is 14.0. The number of rotatable bonds is 14. The van der Waals surface area contributed by atoms with Crippen molar-refractivity contribution >= 4 is 39.2 Å². The van der Waals surface area contributed by atoms with E-state index in [-0.39, 0.29) is 6.10 Å². The van der Waals surface area contributed by atoms with E-state index in [1.165, 1.54) is 29.6 Å². The molecule has 0 unspecified atom stereocenters. The molecule has 2 atom stereocenters.